The molecule has 2 aliphatic carbocycles. The molecule has 0 aromatic carbocycles. The molecule has 2 atom stereocenters. The summed E-state index contributed by atoms with van der Waals surface area (Å²) in [5, 5.41) is 15.9. The predicted molar refractivity (Wildman–Crippen MR) is 91.3 cm³/mol. The molecule has 0 heterocycles. The largest absolute Gasteiger partial charge is 0.400 e. The van der Waals surface area contributed by atoms with Crippen molar-refractivity contribution in [2.75, 3.05) is 21.2 Å². The van der Waals surface area contributed by atoms with E-state index in [0.717, 1.165) is 36.6 Å². The second kappa shape index (κ2) is 22.9. The van der Waals surface area contributed by atoms with Gasteiger partial charge in [-0.3, -0.25) is 0 Å². The second-order valence-electron chi connectivity index (χ2n) is 5.14. The minimum atomic E-state index is 0.365. The number of hydroxylamine groups is 2. The van der Waals surface area contributed by atoms with Crippen LogP contribution in [0.4, 0.5) is 0 Å². The fourth-order valence-electron chi connectivity index (χ4n) is 2.01. The normalized spacial score (nSPS) is 21.3. The monoisotopic (exact) mass is 331 g/mol. The van der Waals surface area contributed by atoms with E-state index in [1.807, 2.05) is 6.79 Å². The van der Waals surface area contributed by atoms with Crippen molar-refractivity contribution in [1.82, 2.24) is 5.06 Å². The lowest BCUT2D eigenvalue weighted by molar-refractivity contribution is -0.112. The maximum absolute atomic E-state index is 9.40. The molecule has 0 aliphatic heterocycles. The van der Waals surface area contributed by atoms with Gasteiger partial charge in [-0.25, -0.2) is 0 Å². The molecule has 0 saturated heterocycles. The molecule has 23 heavy (non-hydrogen) atoms. The van der Waals surface area contributed by atoms with E-state index in [2.05, 4.69) is 12.2 Å². The molecule has 0 amide bonds. The number of hydrogen-bond donors (Lipinski definition) is 2. The fourth-order valence-corrected chi connectivity index (χ4v) is 2.01. The molecule has 2 N–H and O–H groups in total. The van der Waals surface area contributed by atoms with Crippen LogP contribution in [0.25, 0.3) is 0 Å². The van der Waals surface area contributed by atoms with Gasteiger partial charge in [-0.2, -0.15) is 5.06 Å². The maximum Gasteiger partial charge on any atom is 0.120 e. The van der Waals surface area contributed by atoms with Gasteiger partial charge < -0.3 is 24.7 Å². The minimum absolute atomic E-state index is 0.365. The third-order valence-electron chi connectivity index (χ3n) is 3.05. The highest BCUT2D eigenvalue weighted by Gasteiger charge is 2.35. The summed E-state index contributed by atoms with van der Waals surface area (Å²) in [7, 11) is 4.11. The van der Waals surface area contributed by atoms with Crippen molar-refractivity contribution >= 4 is 19.4 Å². The molecule has 0 bridgehead atoms. The Hall–Kier alpha value is -1.37. The van der Waals surface area contributed by atoms with Crippen LogP contribution in [-0.2, 0) is 14.4 Å². The number of allylic oxidation sites excluding steroid dienone is 2. The number of nitrogens with zero attached hydrogens (tertiary/aromatic N) is 1. The molecule has 0 aromatic rings. The van der Waals surface area contributed by atoms with Crippen molar-refractivity contribution in [1.29, 1.82) is 0 Å². The Bertz CT molecular complexity index is 257. The Balaban J connectivity index is -0.000000252. The van der Waals surface area contributed by atoms with Crippen LogP contribution < -0.4 is 0 Å². The quantitative estimate of drug-likeness (QED) is 0.356. The number of unbranched alkanes of at least 4 members (excludes halogenated alkanes) is 1. The first-order chi connectivity index (χ1) is 11.1. The fraction of sp³-hybridized carbons (Fsp3) is 0.706. The lowest BCUT2D eigenvalue weighted by atomic mass is 10.1. The zero-order valence-corrected chi connectivity index (χ0v) is 14.7. The molecule has 2 unspecified atom stereocenters. The van der Waals surface area contributed by atoms with Crippen molar-refractivity contribution in [3.05, 3.63) is 12.2 Å². The highest BCUT2D eigenvalue weighted by Crippen LogP contribution is 2.46. The standard InChI is InChI=1S/C9H14.C4H6O2.C2H7NO.CH4O.CH2O/c1-2-4-6-9-7-8(9)5-3-1;5-3-1-2-4-6;1-3(2)4;2*1-2/h1-2,8-9H,3-7H2;3-4H,1-2H2;4H,1-2H3;2H,1H3;1H2/b2-1-;;;;. The van der Waals surface area contributed by atoms with Crippen LogP contribution in [0.3, 0.4) is 0 Å². The lowest BCUT2D eigenvalue weighted by Crippen LogP contribution is -2.01. The molecule has 1 saturated carbocycles. The summed E-state index contributed by atoms with van der Waals surface area (Å²) in [5.41, 5.74) is 0. The van der Waals surface area contributed by atoms with Gasteiger partial charge in [-0.1, -0.05) is 12.2 Å². The van der Waals surface area contributed by atoms with Gasteiger partial charge in [0, 0.05) is 34.0 Å². The van der Waals surface area contributed by atoms with Gasteiger partial charge in [0.15, 0.2) is 0 Å². The van der Waals surface area contributed by atoms with Crippen molar-refractivity contribution in [2.24, 2.45) is 11.8 Å². The molecule has 1 fully saturated rings. The predicted octanol–water partition coefficient (Wildman–Crippen LogP) is 2.28. The average molecular weight is 331 g/mol. The number of aldehydes is 2. The average Bonchev–Trinajstić information content (AvgIpc) is 3.26. The third kappa shape index (κ3) is 25.9. The van der Waals surface area contributed by atoms with Crippen molar-refractivity contribution in [3.8, 4) is 0 Å². The van der Waals surface area contributed by atoms with Gasteiger partial charge in [-0.05, 0) is 43.9 Å². The van der Waals surface area contributed by atoms with E-state index in [1.165, 1.54) is 25.7 Å². The molecule has 6 nitrogen and oxygen atoms in total. The summed E-state index contributed by atoms with van der Waals surface area (Å²) in [5.74, 6) is 2.27. The number of aliphatic hydroxyl groups excluding tert-OH is 1. The first-order valence-electron chi connectivity index (χ1n) is 7.73. The van der Waals surface area contributed by atoms with Crippen LogP contribution in [-0.4, -0.2) is 55.9 Å². The lowest BCUT2D eigenvalue weighted by Gasteiger charge is -1.99. The summed E-state index contributed by atoms with van der Waals surface area (Å²) in [6, 6.07) is 0. The van der Waals surface area contributed by atoms with Crippen LogP contribution in [0.5, 0.6) is 0 Å². The molecule has 136 valence electrons. The highest BCUT2D eigenvalue weighted by molar-refractivity contribution is 5.58. The maximum atomic E-state index is 9.40. The number of aliphatic hydroxyl groups is 1. The van der Waals surface area contributed by atoms with Gasteiger partial charge in [0.25, 0.3) is 0 Å². The molecule has 0 spiro atoms. The van der Waals surface area contributed by atoms with E-state index >= 15 is 0 Å². The van der Waals surface area contributed by atoms with E-state index < -0.39 is 0 Å². The van der Waals surface area contributed by atoms with E-state index in [4.69, 9.17) is 15.1 Å². The zero-order chi connectivity index (χ0) is 18.5. The molecule has 0 radical (unpaired) electrons. The number of carbonyl (C=O) groups excluding carboxylic acids is 3. The summed E-state index contributed by atoms with van der Waals surface area (Å²) >= 11 is 0. The van der Waals surface area contributed by atoms with Gasteiger partial charge >= 0.3 is 0 Å². The topological polar surface area (TPSA) is 94.9 Å². The van der Waals surface area contributed by atoms with Crippen LogP contribution in [0.1, 0.15) is 44.9 Å². The van der Waals surface area contributed by atoms with Crippen LogP contribution >= 0.6 is 0 Å². The summed E-state index contributed by atoms with van der Waals surface area (Å²) in [4.78, 5) is 26.8. The number of carbonyl (C=O) groups is 3. The summed E-state index contributed by atoms with van der Waals surface area (Å²) in [6.45, 7) is 2.00. The molecule has 2 aliphatic rings. The van der Waals surface area contributed by atoms with Gasteiger partial charge in [0.05, 0.1) is 0 Å². The van der Waals surface area contributed by atoms with Gasteiger partial charge in [-0.15, -0.1) is 0 Å². The molecular formula is C17H33NO5. The Morgan fingerprint density at radius 2 is 1.30 bits per heavy atom. The molecule has 6 heteroatoms. The number of rotatable bonds is 3. The van der Waals surface area contributed by atoms with Crippen molar-refractivity contribution in [2.45, 2.75) is 44.9 Å². The molecule has 2 rings (SSSR count). The van der Waals surface area contributed by atoms with Crippen LogP contribution in [0.2, 0.25) is 0 Å². The highest BCUT2D eigenvalue weighted by atomic mass is 16.5. The SMILES string of the molecule is C1=C\CCC2CC2CC/1.C=O.CN(C)O.CO.O=CCCC=O. The van der Waals surface area contributed by atoms with Crippen LogP contribution in [0.15, 0.2) is 12.2 Å². The van der Waals surface area contributed by atoms with E-state index in [-0.39, 0.29) is 0 Å². The van der Waals surface area contributed by atoms with Crippen molar-refractivity contribution in [3.63, 3.8) is 0 Å². The van der Waals surface area contributed by atoms with Crippen LogP contribution in [0, 0.1) is 11.8 Å². The van der Waals surface area contributed by atoms with Crippen molar-refractivity contribution < 1.29 is 24.7 Å². The van der Waals surface area contributed by atoms with E-state index in [0.29, 0.717) is 12.8 Å². The summed E-state index contributed by atoms with van der Waals surface area (Å²) < 4.78 is 0. The zero-order valence-electron chi connectivity index (χ0n) is 14.7. The first kappa shape index (κ1) is 26.5. The Morgan fingerprint density at radius 3 is 1.57 bits per heavy atom. The number of fused-ring (bicyclic) bond motifs is 1. The Labute approximate surface area is 140 Å². The Morgan fingerprint density at radius 1 is 1.00 bits per heavy atom. The smallest absolute Gasteiger partial charge is 0.120 e. The molecule has 0 aromatic heterocycles. The summed E-state index contributed by atoms with van der Waals surface area (Å²) in [6.07, 6.45) is 14.1. The van der Waals surface area contributed by atoms with E-state index in [1.54, 1.807) is 20.5 Å². The molecular weight excluding hydrogens is 298 g/mol. The first-order valence-corrected chi connectivity index (χ1v) is 7.73. The Kier molecular flexibility index (Phi) is 26.4. The van der Waals surface area contributed by atoms with E-state index in [9.17, 15) is 9.59 Å². The minimum Gasteiger partial charge on any atom is -0.400 e. The second-order valence-corrected chi connectivity index (χ2v) is 5.14. The third-order valence-corrected chi connectivity index (χ3v) is 3.05. The van der Waals surface area contributed by atoms with Gasteiger partial charge in [0.1, 0.15) is 19.4 Å². The van der Waals surface area contributed by atoms with Gasteiger partial charge in [0.2, 0.25) is 0 Å². The number of hydrogen-bond acceptors (Lipinski definition) is 6.